The molecule has 1 saturated heterocycles. The van der Waals surface area contributed by atoms with E-state index < -0.39 is 80.4 Å². The summed E-state index contributed by atoms with van der Waals surface area (Å²) in [5.74, 6) is -1.21. The number of halogens is 9. The van der Waals surface area contributed by atoms with Crippen molar-refractivity contribution in [2.45, 2.75) is 157 Å². The first kappa shape index (κ1) is 85.5. The summed E-state index contributed by atoms with van der Waals surface area (Å²) in [6.07, 6.45) is -1.98. The molecule has 7 heterocycles. The lowest BCUT2D eigenvalue weighted by molar-refractivity contribution is -0.138. The zero-order valence-electron chi connectivity index (χ0n) is 64.8. The van der Waals surface area contributed by atoms with E-state index in [0.29, 0.717) is 59.2 Å². The minimum atomic E-state index is -4.44. The second-order valence-electron chi connectivity index (χ2n) is 28.2. The fraction of sp³-hybridized carbons (Fsp3) is 0.407. The van der Waals surface area contributed by atoms with Gasteiger partial charge in [0, 0.05) is 119 Å². The SMILES string of the molecule is C1CCOC1.CCc1cccc(CC)c1-n1nc2c(c1-c1ccc(F)c3c1ccn3C(=O)OCI)CN(Cc1ccc(C(F)(F)F)cc1C)C2(C)C.CCc1cccc(CC)c1-n1nc2c(c1-c1ccc(F)c3c1ccn3C(=O)OCOP(C)(=O)OC)CN(Cc1ccc(C(F)(F)F)cc1C)C2(C)C.COP(C)(=O)OC. The normalized spacial score (nSPS) is 15.3. The Kier molecular flexibility index (Phi) is 26.8. The van der Waals surface area contributed by atoms with Crippen molar-refractivity contribution < 1.29 is 86.1 Å². The van der Waals surface area contributed by atoms with Crippen LogP contribution in [-0.4, -0.2) is 110 Å². The van der Waals surface area contributed by atoms with Gasteiger partial charge in [-0.05, 0) is 208 Å². The lowest BCUT2D eigenvalue weighted by Gasteiger charge is -2.32. The monoisotopic (exact) mass is 1690 g/mol. The van der Waals surface area contributed by atoms with Gasteiger partial charge in [0.2, 0.25) is 6.79 Å². The Morgan fingerprint density at radius 2 is 0.919 bits per heavy atom. The van der Waals surface area contributed by atoms with Gasteiger partial charge in [0.05, 0.1) is 67.4 Å². The van der Waals surface area contributed by atoms with E-state index >= 15 is 8.78 Å². The Labute approximate surface area is 654 Å². The van der Waals surface area contributed by atoms with Gasteiger partial charge in [-0.3, -0.25) is 23.5 Å². The molecule has 3 aliphatic heterocycles. The first-order valence-corrected chi connectivity index (χ1v) is 41.8. The van der Waals surface area contributed by atoms with Crippen molar-refractivity contribution in [1.82, 2.24) is 38.5 Å². The molecule has 19 nitrogen and oxygen atoms in total. The third-order valence-corrected chi connectivity index (χ3v) is 23.7. The van der Waals surface area contributed by atoms with Crippen LogP contribution in [0.4, 0.5) is 44.7 Å². The summed E-state index contributed by atoms with van der Waals surface area (Å²) in [5.41, 5.74) is 12.7. The summed E-state index contributed by atoms with van der Waals surface area (Å²) >= 11 is 1.92. The summed E-state index contributed by atoms with van der Waals surface area (Å²) < 4.78 is 175. The summed E-state index contributed by atoms with van der Waals surface area (Å²) in [6.45, 7) is 25.6. The Hall–Kier alpha value is -7.89. The molecule has 13 rings (SSSR count). The molecule has 1 atom stereocenters. The van der Waals surface area contributed by atoms with Gasteiger partial charge in [-0.25, -0.2) is 36.9 Å². The van der Waals surface area contributed by atoms with Crippen LogP contribution in [0.25, 0.3) is 55.7 Å². The van der Waals surface area contributed by atoms with Crippen LogP contribution in [0, 0.1) is 25.5 Å². The maximum atomic E-state index is 15.7. The number of fused-ring (bicyclic) bond motifs is 4. The summed E-state index contributed by atoms with van der Waals surface area (Å²) in [4.78, 5) is 30.4. The topological polar surface area (TPSA) is 185 Å². The molecule has 0 saturated carbocycles. The summed E-state index contributed by atoms with van der Waals surface area (Å²) in [5, 5.41) is 11.6. The van der Waals surface area contributed by atoms with Gasteiger partial charge in [0.15, 0.2) is 0 Å². The van der Waals surface area contributed by atoms with Crippen LogP contribution in [-0.2, 0) is 117 Å². The maximum absolute atomic E-state index is 15.7. The number of aryl methyl sites for hydroxylation is 6. The van der Waals surface area contributed by atoms with Gasteiger partial charge in [-0.1, -0.05) is 76.2 Å². The summed E-state index contributed by atoms with van der Waals surface area (Å²) in [6, 6.07) is 29.5. The fourth-order valence-electron chi connectivity index (χ4n) is 14.3. The largest absolute Gasteiger partial charge is 0.438 e. The Bertz CT molecular complexity index is 5120. The van der Waals surface area contributed by atoms with Crippen LogP contribution in [0.15, 0.2) is 122 Å². The van der Waals surface area contributed by atoms with E-state index in [1.165, 1.54) is 94.8 Å². The Balaban J connectivity index is 0.000000205. The molecule has 3 aliphatic rings. The quantitative estimate of drug-likeness (QED) is 0.0245. The minimum Gasteiger partial charge on any atom is -0.438 e. The molecular formula is C81H93F8IN8O11P2. The first-order valence-electron chi connectivity index (χ1n) is 36.3. The zero-order valence-corrected chi connectivity index (χ0v) is 68.8. The van der Waals surface area contributed by atoms with Crippen molar-refractivity contribution in [2.24, 2.45) is 0 Å². The van der Waals surface area contributed by atoms with Crippen molar-refractivity contribution in [3.05, 3.63) is 211 Å². The molecule has 1 unspecified atom stereocenters. The van der Waals surface area contributed by atoms with E-state index in [4.69, 9.17) is 33.5 Å². The molecule has 0 aliphatic carbocycles. The second-order valence-corrected chi connectivity index (χ2v) is 33.3. The van der Waals surface area contributed by atoms with E-state index in [-0.39, 0.29) is 15.6 Å². The van der Waals surface area contributed by atoms with Crippen LogP contribution >= 0.6 is 37.8 Å². The molecule has 0 amide bonds. The van der Waals surface area contributed by atoms with Gasteiger partial charge in [0.25, 0.3) is 0 Å². The van der Waals surface area contributed by atoms with Gasteiger partial charge < -0.3 is 27.8 Å². The molecule has 10 aromatic rings. The van der Waals surface area contributed by atoms with Crippen molar-refractivity contribution in [2.75, 3.05) is 59.3 Å². The molecule has 596 valence electrons. The number of nitrogens with zero attached hydrogens (tertiary/aromatic N) is 8. The molecule has 0 radical (unpaired) electrons. The average Bonchev–Trinajstić information content (AvgIpc) is 1.56. The van der Waals surface area contributed by atoms with Crippen LogP contribution in [0.5, 0.6) is 0 Å². The Morgan fingerprint density at radius 3 is 1.23 bits per heavy atom. The molecule has 111 heavy (non-hydrogen) atoms. The highest BCUT2D eigenvalue weighted by molar-refractivity contribution is 14.1. The standard InChI is InChI=1S/C38H41F4N4O5P.C36H35F4IN4O2.C4H8O.C3H9O3P/c1-8-24-11-10-12-25(9-2)32(24)46-33(28-15-16-31(39)34-29(28)17-18-45(34)36(47)50-22-51-52(7,48)49-6)30-21-44(37(4,5)35(30)43-46)20-26-13-14-27(19-23(26)3)38(40,41)42;1-6-22-9-8-10-23(7-2)30(22)45-31(26-13-14-29(37)32-27(26)15-16-44(32)34(46)47-20-41)28-19-43(35(4,5)33(28)42-45)18-24-11-12-25(17-21(24)3)36(38,39)40;1-2-4-5-3-1;1-5-7(3,4)6-2/h10-19H,8-9,20-22H2,1-7H3;8-17H,6-7,18-20H2,1-5H3;1-4H2;1-3H3. The molecule has 0 N–H and O–H groups in total. The van der Waals surface area contributed by atoms with Gasteiger partial charge in [-0.2, -0.15) is 36.5 Å². The average molecular weight is 1700 g/mol. The van der Waals surface area contributed by atoms with E-state index in [9.17, 15) is 45.1 Å². The number of ether oxygens (including phenoxy) is 3. The summed E-state index contributed by atoms with van der Waals surface area (Å²) in [7, 11) is -2.18. The van der Waals surface area contributed by atoms with Crippen molar-refractivity contribution >= 4 is 71.8 Å². The molecule has 0 spiro atoms. The number of hydrogen-bond acceptors (Lipinski definition) is 15. The predicted molar refractivity (Wildman–Crippen MR) is 420 cm³/mol. The lowest BCUT2D eigenvalue weighted by Crippen LogP contribution is -2.36. The van der Waals surface area contributed by atoms with E-state index in [1.807, 2.05) is 57.9 Å². The van der Waals surface area contributed by atoms with Crippen LogP contribution < -0.4 is 0 Å². The number of alkyl halides is 7. The molecule has 30 heteroatoms. The van der Waals surface area contributed by atoms with E-state index in [1.54, 1.807) is 44.2 Å². The zero-order chi connectivity index (χ0) is 81.0. The van der Waals surface area contributed by atoms with Gasteiger partial charge in [-0.15, -0.1) is 0 Å². The highest BCUT2D eigenvalue weighted by Gasteiger charge is 2.46. The molecule has 0 bridgehead atoms. The smallest absolute Gasteiger partial charge is 0.420 e. The first-order chi connectivity index (χ1) is 52.4. The molecule has 1 fully saturated rings. The Morgan fingerprint density at radius 1 is 0.541 bits per heavy atom. The van der Waals surface area contributed by atoms with Crippen molar-refractivity contribution in [3.8, 4) is 33.9 Å². The van der Waals surface area contributed by atoms with Crippen LogP contribution in [0.1, 0.15) is 146 Å². The molecule has 6 aromatic carbocycles. The lowest BCUT2D eigenvalue weighted by atomic mass is 9.96. The number of rotatable bonds is 19. The van der Waals surface area contributed by atoms with Gasteiger partial charge in [0.1, 0.15) is 16.2 Å². The molecular weight excluding hydrogens is 1600 g/mol. The van der Waals surface area contributed by atoms with E-state index in [2.05, 4.69) is 84.7 Å². The van der Waals surface area contributed by atoms with Crippen LogP contribution in [0.3, 0.4) is 0 Å². The third kappa shape index (κ3) is 18.0. The fourth-order valence-corrected chi connectivity index (χ4v) is 15.0. The van der Waals surface area contributed by atoms with Crippen molar-refractivity contribution in [1.29, 1.82) is 0 Å². The highest BCUT2D eigenvalue weighted by atomic mass is 127. The number of hydrogen-bond donors (Lipinski definition) is 0. The number of carbonyl (C=O) groups excluding carboxylic acids is 2. The maximum Gasteiger partial charge on any atom is 0.420 e. The number of benzene rings is 6. The third-order valence-electron chi connectivity index (χ3n) is 20.8. The van der Waals surface area contributed by atoms with Crippen LogP contribution in [0.2, 0.25) is 0 Å². The van der Waals surface area contributed by atoms with Crippen molar-refractivity contribution in [3.63, 3.8) is 0 Å². The predicted octanol–water partition coefficient (Wildman–Crippen LogP) is 21.4. The van der Waals surface area contributed by atoms with E-state index in [0.717, 1.165) is 134 Å². The number of carbonyl (C=O) groups is 2. The molecule has 4 aromatic heterocycles. The number of para-hydroxylation sites is 2. The second kappa shape index (κ2) is 34.8. The van der Waals surface area contributed by atoms with Gasteiger partial charge >= 0.3 is 39.7 Å². The number of aromatic nitrogens is 6. The minimum absolute atomic E-state index is 0.0237. The highest BCUT2D eigenvalue weighted by Crippen LogP contribution is 2.50.